The van der Waals surface area contributed by atoms with Crippen molar-refractivity contribution >= 4 is 38.7 Å². The van der Waals surface area contributed by atoms with E-state index in [4.69, 9.17) is 0 Å². The topological polar surface area (TPSA) is 29.1 Å². The molecule has 0 spiro atoms. The van der Waals surface area contributed by atoms with Crippen molar-refractivity contribution in [3.63, 3.8) is 0 Å². The molecule has 1 N–H and O–H groups in total. The molecule has 0 bridgehead atoms. The maximum Gasteiger partial charge on any atom is 0.257 e. The molecule has 0 fully saturated rings. The fraction of sp³-hybridized carbons (Fsp3) is 0. The second-order valence-corrected chi connectivity index (χ2v) is 6.54. The molecular weight excluding hydrogens is 362 g/mol. The van der Waals surface area contributed by atoms with Crippen LogP contribution in [0.5, 0.6) is 0 Å². The molecule has 0 aliphatic carbocycles. The second kappa shape index (κ2) is 6.10. The Bertz CT molecular complexity index is 905. The van der Waals surface area contributed by atoms with Gasteiger partial charge in [0, 0.05) is 15.6 Å². The van der Waals surface area contributed by atoms with E-state index in [0.717, 1.165) is 38.0 Å². The van der Waals surface area contributed by atoms with Gasteiger partial charge in [0.1, 0.15) is 0 Å². The molecule has 0 aromatic heterocycles. The lowest BCUT2D eigenvalue weighted by atomic mass is 9.90. The smallest absolute Gasteiger partial charge is 0.257 e. The Labute approximate surface area is 149 Å². The van der Waals surface area contributed by atoms with Gasteiger partial charge >= 0.3 is 0 Å². The third-order valence-corrected chi connectivity index (χ3v) is 4.59. The van der Waals surface area contributed by atoms with Crippen LogP contribution in [0.2, 0.25) is 0 Å². The summed E-state index contributed by atoms with van der Waals surface area (Å²) in [5.41, 5.74) is 5.51. The van der Waals surface area contributed by atoms with Crippen LogP contribution in [-0.2, 0) is 4.79 Å². The van der Waals surface area contributed by atoms with Crippen LogP contribution < -0.4 is 5.32 Å². The number of fused-ring (bicyclic) bond motifs is 1. The van der Waals surface area contributed by atoms with E-state index in [1.54, 1.807) is 0 Å². The van der Waals surface area contributed by atoms with E-state index >= 15 is 0 Å². The molecule has 3 aromatic rings. The lowest BCUT2D eigenvalue weighted by Gasteiger charge is -2.12. The number of hydrogen-bond acceptors (Lipinski definition) is 1. The van der Waals surface area contributed by atoms with Crippen LogP contribution in [0.3, 0.4) is 0 Å². The van der Waals surface area contributed by atoms with Crippen molar-refractivity contribution < 1.29 is 4.79 Å². The molecule has 24 heavy (non-hydrogen) atoms. The van der Waals surface area contributed by atoms with E-state index in [9.17, 15) is 4.79 Å². The summed E-state index contributed by atoms with van der Waals surface area (Å²) in [5.74, 6) is -0.0641. The highest BCUT2D eigenvalue weighted by Crippen LogP contribution is 2.40. The SMILES string of the molecule is O=C1Nc2cc(Br)ccc2C1=C(c1ccccc1)c1ccccc1. The van der Waals surface area contributed by atoms with Gasteiger partial charge in [0.05, 0.1) is 11.3 Å². The molecule has 3 aromatic carbocycles. The maximum absolute atomic E-state index is 12.7. The molecule has 3 heteroatoms. The Balaban J connectivity index is 2.04. The van der Waals surface area contributed by atoms with E-state index in [0.29, 0.717) is 0 Å². The number of benzene rings is 3. The first-order valence-electron chi connectivity index (χ1n) is 7.70. The van der Waals surface area contributed by atoms with Gasteiger partial charge in [0.25, 0.3) is 5.91 Å². The van der Waals surface area contributed by atoms with Crippen molar-refractivity contribution in [2.45, 2.75) is 0 Å². The van der Waals surface area contributed by atoms with Crippen LogP contribution in [0.25, 0.3) is 11.1 Å². The molecule has 1 aliphatic rings. The fourth-order valence-electron chi connectivity index (χ4n) is 3.06. The lowest BCUT2D eigenvalue weighted by molar-refractivity contribution is -0.110. The normalized spacial score (nSPS) is 12.7. The van der Waals surface area contributed by atoms with Crippen molar-refractivity contribution in [3.8, 4) is 0 Å². The van der Waals surface area contributed by atoms with Crippen molar-refractivity contribution in [3.05, 3.63) is 100 Å². The molecule has 1 aliphatic heterocycles. The van der Waals surface area contributed by atoms with E-state index in [2.05, 4.69) is 21.2 Å². The number of nitrogens with one attached hydrogen (secondary N) is 1. The quantitative estimate of drug-likeness (QED) is 0.600. The van der Waals surface area contributed by atoms with Crippen LogP contribution in [0.1, 0.15) is 16.7 Å². The van der Waals surface area contributed by atoms with Crippen LogP contribution in [0.4, 0.5) is 5.69 Å². The standard InChI is InChI=1S/C21H14BrNO/c22-16-11-12-17-18(13-16)23-21(24)20(17)19(14-7-3-1-4-8-14)15-9-5-2-6-10-15/h1-13H,(H,23,24). The average molecular weight is 376 g/mol. The Kier molecular flexibility index (Phi) is 3.79. The predicted octanol–water partition coefficient (Wildman–Crippen LogP) is 5.36. The average Bonchev–Trinajstić information content (AvgIpc) is 2.92. The first kappa shape index (κ1) is 14.9. The molecule has 0 unspecified atom stereocenters. The molecule has 0 radical (unpaired) electrons. The van der Waals surface area contributed by atoms with Crippen molar-refractivity contribution in [2.24, 2.45) is 0 Å². The Morgan fingerprint density at radius 3 is 1.96 bits per heavy atom. The lowest BCUT2D eigenvalue weighted by Crippen LogP contribution is -2.06. The van der Waals surface area contributed by atoms with Gasteiger partial charge in [-0.15, -0.1) is 0 Å². The van der Waals surface area contributed by atoms with Crippen molar-refractivity contribution in [2.75, 3.05) is 5.32 Å². The summed E-state index contributed by atoms with van der Waals surface area (Å²) in [5, 5.41) is 2.98. The number of carbonyl (C=O) groups excluding carboxylic acids is 1. The molecule has 1 amide bonds. The predicted molar refractivity (Wildman–Crippen MR) is 102 cm³/mol. The third kappa shape index (κ3) is 2.57. The van der Waals surface area contributed by atoms with E-state index in [1.165, 1.54) is 0 Å². The Morgan fingerprint density at radius 1 is 0.792 bits per heavy atom. The zero-order valence-electron chi connectivity index (χ0n) is 12.8. The van der Waals surface area contributed by atoms with Crippen LogP contribution >= 0.6 is 15.9 Å². The fourth-order valence-corrected chi connectivity index (χ4v) is 3.42. The minimum Gasteiger partial charge on any atom is -0.321 e. The minimum absolute atomic E-state index is 0.0641. The van der Waals surface area contributed by atoms with Gasteiger partial charge < -0.3 is 5.32 Å². The third-order valence-electron chi connectivity index (χ3n) is 4.10. The van der Waals surface area contributed by atoms with Gasteiger partial charge in [-0.05, 0) is 23.3 Å². The highest BCUT2D eigenvalue weighted by atomic mass is 79.9. The summed E-state index contributed by atoms with van der Waals surface area (Å²) in [7, 11) is 0. The Morgan fingerprint density at radius 2 is 1.38 bits per heavy atom. The number of amides is 1. The minimum atomic E-state index is -0.0641. The van der Waals surface area contributed by atoms with Crippen LogP contribution in [0.15, 0.2) is 83.3 Å². The number of hydrogen-bond donors (Lipinski definition) is 1. The summed E-state index contributed by atoms with van der Waals surface area (Å²) in [4.78, 5) is 12.7. The molecular formula is C21H14BrNO. The monoisotopic (exact) mass is 375 g/mol. The van der Waals surface area contributed by atoms with Gasteiger partial charge in [0.15, 0.2) is 0 Å². The zero-order valence-corrected chi connectivity index (χ0v) is 14.4. The van der Waals surface area contributed by atoms with Gasteiger partial charge in [-0.3, -0.25) is 4.79 Å². The van der Waals surface area contributed by atoms with Gasteiger partial charge in [-0.2, -0.15) is 0 Å². The number of halogens is 1. The maximum atomic E-state index is 12.7. The van der Waals surface area contributed by atoms with Gasteiger partial charge in [0.2, 0.25) is 0 Å². The molecule has 2 nitrogen and oxygen atoms in total. The van der Waals surface area contributed by atoms with Crippen LogP contribution in [0, 0.1) is 0 Å². The van der Waals surface area contributed by atoms with E-state index in [-0.39, 0.29) is 5.91 Å². The first-order chi connectivity index (χ1) is 11.7. The summed E-state index contributed by atoms with van der Waals surface area (Å²) < 4.78 is 0.948. The van der Waals surface area contributed by atoms with Gasteiger partial charge in [-0.25, -0.2) is 0 Å². The summed E-state index contributed by atoms with van der Waals surface area (Å²) >= 11 is 3.46. The zero-order chi connectivity index (χ0) is 16.5. The molecule has 116 valence electrons. The molecule has 0 saturated carbocycles. The number of carbonyl (C=O) groups is 1. The van der Waals surface area contributed by atoms with Crippen LogP contribution in [-0.4, -0.2) is 5.91 Å². The van der Waals surface area contributed by atoms with Gasteiger partial charge in [-0.1, -0.05) is 82.7 Å². The van der Waals surface area contributed by atoms with E-state index < -0.39 is 0 Å². The summed E-state index contributed by atoms with van der Waals surface area (Å²) in [6.45, 7) is 0. The van der Waals surface area contributed by atoms with Crippen molar-refractivity contribution in [1.29, 1.82) is 0 Å². The molecule has 4 rings (SSSR count). The highest BCUT2D eigenvalue weighted by molar-refractivity contribution is 9.10. The highest BCUT2D eigenvalue weighted by Gasteiger charge is 2.28. The number of anilines is 1. The summed E-state index contributed by atoms with van der Waals surface area (Å²) in [6, 6.07) is 26.0. The van der Waals surface area contributed by atoms with Crippen molar-refractivity contribution in [1.82, 2.24) is 0 Å². The number of rotatable bonds is 2. The molecule has 0 atom stereocenters. The molecule has 1 heterocycles. The molecule has 0 saturated heterocycles. The first-order valence-corrected chi connectivity index (χ1v) is 8.50. The second-order valence-electron chi connectivity index (χ2n) is 5.63. The Hall–Kier alpha value is -2.65. The largest absolute Gasteiger partial charge is 0.321 e. The summed E-state index contributed by atoms with van der Waals surface area (Å²) in [6.07, 6.45) is 0. The van der Waals surface area contributed by atoms with E-state index in [1.807, 2.05) is 78.9 Å².